The Morgan fingerprint density at radius 3 is 2.67 bits per heavy atom. The number of sulfonamides is 1. The van der Waals surface area contributed by atoms with E-state index in [1.165, 1.54) is 16.4 Å². The van der Waals surface area contributed by atoms with Crippen LogP contribution in [0.3, 0.4) is 0 Å². The van der Waals surface area contributed by atoms with Gasteiger partial charge in [-0.05, 0) is 31.4 Å². The maximum atomic E-state index is 12.7. The topological polar surface area (TPSA) is 74.7 Å². The van der Waals surface area contributed by atoms with E-state index in [1.807, 2.05) is 6.92 Å². The van der Waals surface area contributed by atoms with Gasteiger partial charge >= 0.3 is 5.97 Å². The van der Waals surface area contributed by atoms with Crippen LogP contribution in [-0.2, 0) is 10.0 Å². The number of benzene rings is 1. The lowest BCUT2D eigenvalue weighted by Gasteiger charge is -2.23. The van der Waals surface area contributed by atoms with Gasteiger partial charge in [0.1, 0.15) is 4.90 Å². The molecule has 1 heterocycles. The highest BCUT2D eigenvalue weighted by Gasteiger charge is 2.36. The Balaban J connectivity index is 2.56. The molecule has 2 rings (SSSR count). The summed E-state index contributed by atoms with van der Waals surface area (Å²) in [6.45, 7) is 2.34. The van der Waals surface area contributed by atoms with Crippen molar-refractivity contribution >= 4 is 39.2 Å². The molecule has 0 bridgehead atoms. The second-order valence-corrected chi connectivity index (χ2v) is 7.50. The predicted octanol–water partition coefficient (Wildman–Crippen LogP) is 3.25. The highest BCUT2D eigenvalue weighted by Crippen LogP contribution is 2.35. The number of carboxylic acid groups (broad SMARTS) is 1. The number of nitrogens with zero attached hydrogens (tertiary/aromatic N) is 1. The van der Waals surface area contributed by atoms with Crippen molar-refractivity contribution in [2.24, 2.45) is 0 Å². The normalized spacial score (nSPS) is 19.9. The summed E-state index contributed by atoms with van der Waals surface area (Å²) in [6, 6.07) is 2.44. The molecule has 5 nitrogen and oxygen atoms in total. The molecule has 1 fully saturated rings. The van der Waals surface area contributed by atoms with Crippen LogP contribution in [0.1, 0.15) is 36.5 Å². The first-order chi connectivity index (χ1) is 9.80. The van der Waals surface area contributed by atoms with Gasteiger partial charge in [0.15, 0.2) is 0 Å². The van der Waals surface area contributed by atoms with Crippen LogP contribution in [0.4, 0.5) is 0 Å². The molecule has 1 aliphatic heterocycles. The molecule has 1 unspecified atom stereocenters. The number of hydrogen-bond acceptors (Lipinski definition) is 3. The number of halogens is 2. The van der Waals surface area contributed by atoms with Crippen LogP contribution in [-0.4, -0.2) is 36.4 Å². The van der Waals surface area contributed by atoms with Gasteiger partial charge in [0, 0.05) is 12.6 Å². The SMILES string of the molecule is CCC1CCCN1S(=O)(=O)c1ccc(Cl)c(C(=O)O)c1Cl. The molecule has 1 atom stereocenters. The lowest BCUT2D eigenvalue weighted by Crippen LogP contribution is -2.35. The van der Waals surface area contributed by atoms with Crippen LogP contribution in [0.15, 0.2) is 17.0 Å². The standard InChI is InChI=1S/C13H15Cl2NO4S/c1-2-8-4-3-7-16(8)21(19,20)10-6-5-9(14)11(12(10)15)13(17)18/h5-6,8H,2-4,7H2,1H3,(H,17,18). The van der Waals surface area contributed by atoms with Gasteiger partial charge in [-0.3, -0.25) is 0 Å². The summed E-state index contributed by atoms with van der Waals surface area (Å²) < 4.78 is 26.8. The summed E-state index contributed by atoms with van der Waals surface area (Å²) in [6.07, 6.45) is 2.29. The largest absolute Gasteiger partial charge is 0.478 e. The number of hydrogen-bond donors (Lipinski definition) is 1. The maximum Gasteiger partial charge on any atom is 0.338 e. The van der Waals surface area contributed by atoms with E-state index in [0.29, 0.717) is 13.0 Å². The molecule has 21 heavy (non-hydrogen) atoms. The third-order valence-electron chi connectivity index (χ3n) is 3.65. The first kappa shape index (κ1) is 16.5. The van der Waals surface area contributed by atoms with Crippen molar-refractivity contribution in [2.45, 2.75) is 37.1 Å². The van der Waals surface area contributed by atoms with Crippen molar-refractivity contribution in [1.29, 1.82) is 0 Å². The Bertz CT molecular complexity index is 675. The minimum absolute atomic E-state index is 0.0741. The Morgan fingerprint density at radius 2 is 2.10 bits per heavy atom. The summed E-state index contributed by atoms with van der Waals surface area (Å²) in [5.41, 5.74) is -0.383. The Kier molecular flexibility index (Phi) is 4.82. The molecule has 0 aliphatic carbocycles. The van der Waals surface area contributed by atoms with Crippen LogP contribution >= 0.6 is 23.2 Å². The van der Waals surface area contributed by atoms with E-state index in [0.717, 1.165) is 12.8 Å². The van der Waals surface area contributed by atoms with E-state index in [4.69, 9.17) is 28.3 Å². The molecule has 1 aromatic rings. The minimum Gasteiger partial charge on any atom is -0.478 e. The van der Waals surface area contributed by atoms with Crippen molar-refractivity contribution in [2.75, 3.05) is 6.54 Å². The molecule has 0 spiro atoms. The van der Waals surface area contributed by atoms with E-state index < -0.39 is 16.0 Å². The number of carboxylic acids is 1. The summed E-state index contributed by atoms with van der Waals surface area (Å²) >= 11 is 11.8. The Morgan fingerprint density at radius 1 is 1.43 bits per heavy atom. The highest BCUT2D eigenvalue weighted by atomic mass is 35.5. The summed E-state index contributed by atoms with van der Waals surface area (Å²) in [5, 5.41) is 8.70. The van der Waals surface area contributed by atoms with Gasteiger partial charge in [-0.2, -0.15) is 4.31 Å². The zero-order valence-electron chi connectivity index (χ0n) is 11.3. The van der Waals surface area contributed by atoms with Crippen molar-refractivity contribution < 1.29 is 18.3 Å². The van der Waals surface area contributed by atoms with Crippen LogP contribution < -0.4 is 0 Å². The number of carbonyl (C=O) groups is 1. The average Bonchev–Trinajstić information content (AvgIpc) is 2.86. The molecule has 0 amide bonds. The maximum absolute atomic E-state index is 12.7. The quantitative estimate of drug-likeness (QED) is 0.903. The van der Waals surface area contributed by atoms with Crippen LogP contribution in [0, 0.1) is 0 Å². The fourth-order valence-electron chi connectivity index (χ4n) is 2.59. The lowest BCUT2D eigenvalue weighted by molar-refractivity contribution is 0.0697. The first-order valence-corrected chi connectivity index (χ1v) is 8.73. The number of rotatable bonds is 4. The fraction of sp³-hybridized carbons (Fsp3) is 0.462. The molecular weight excluding hydrogens is 337 g/mol. The van der Waals surface area contributed by atoms with E-state index in [9.17, 15) is 13.2 Å². The average molecular weight is 352 g/mol. The van der Waals surface area contributed by atoms with Crippen molar-refractivity contribution in [3.63, 3.8) is 0 Å². The third kappa shape index (κ3) is 2.90. The highest BCUT2D eigenvalue weighted by molar-refractivity contribution is 7.89. The summed E-state index contributed by atoms with van der Waals surface area (Å²) in [4.78, 5) is 11.0. The van der Waals surface area contributed by atoms with Gasteiger partial charge in [0.05, 0.1) is 15.6 Å². The van der Waals surface area contributed by atoms with E-state index in [-0.39, 0.29) is 26.5 Å². The molecule has 0 saturated carbocycles. The second-order valence-electron chi connectivity index (χ2n) is 4.86. The summed E-state index contributed by atoms with van der Waals surface area (Å²) in [7, 11) is -3.82. The Labute approximate surface area is 133 Å². The van der Waals surface area contributed by atoms with Crippen LogP contribution in [0.25, 0.3) is 0 Å². The third-order valence-corrected chi connectivity index (χ3v) is 6.46. The van der Waals surface area contributed by atoms with E-state index in [2.05, 4.69) is 0 Å². The Hall–Kier alpha value is -0.820. The van der Waals surface area contributed by atoms with Gasteiger partial charge in [-0.25, -0.2) is 13.2 Å². The smallest absolute Gasteiger partial charge is 0.338 e. The zero-order valence-corrected chi connectivity index (χ0v) is 13.7. The first-order valence-electron chi connectivity index (χ1n) is 6.53. The van der Waals surface area contributed by atoms with E-state index in [1.54, 1.807) is 0 Å². The predicted molar refractivity (Wildman–Crippen MR) is 80.6 cm³/mol. The van der Waals surface area contributed by atoms with Gasteiger partial charge in [-0.15, -0.1) is 0 Å². The molecular formula is C13H15Cl2NO4S. The van der Waals surface area contributed by atoms with Crippen molar-refractivity contribution in [1.82, 2.24) is 4.31 Å². The molecule has 1 aromatic carbocycles. The van der Waals surface area contributed by atoms with Crippen molar-refractivity contribution in [3.8, 4) is 0 Å². The summed E-state index contributed by atoms with van der Waals surface area (Å²) in [5.74, 6) is -1.35. The number of aromatic carboxylic acids is 1. The molecule has 0 radical (unpaired) electrons. The van der Waals surface area contributed by atoms with Crippen molar-refractivity contribution in [3.05, 3.63) is 27.7 Å². The zero-order chi connectivity index (χ0) is 15.8. The fourth-order valence-corrected chi connectivity index (χ4v) is 5.25. The van der Waals surface area contributed by atoms with Gasteiger partial charge in [0.25, 0.3) is 0 Å². The minimum atomic E-state index is -3.82. The molecule has 1 saturated heterocycles. The van der Waals surface area contributed by atoms with Crippen LogP contribution in [0.2, 0.25) is 10.0 Å². The molecule has 1 N–H and O–H groups in total. The molecule has 8 heteroatoms. The van der Waals surface area contributed by atoms with Gasteiger partial charge in [-0.1, -0.05) is 30.1 Å². The monoisotopic (exact) mass is 351 g/mol. The van der Waals surface area contributed by atoms with Crippen LogP contribution in [0.5, 0.6) is 0 Å². The van der Waals surface area contributed by atoms with Gasteiger partial charge < -0.3 is 5.11 Å². The lowest BCUT2D eigenvalue weighted by atomic mass is 10.2. The molecule has 1 aliphatic rings. The van der Waals surface area contributed by atoms with E-state index >= 15 is 0 Å². The molecule has 116 valence electrons. The van der Waals surface area contributed by atoms with Gasteiger partial charge in [0.2, 0.25) is 10.0 Å². The second kappa shape index (κ2) is 6.12. The molecule has 0 aromatic heterocycles.